The van der Waals surface area contributed by atoms with Crippen molar-refractivity contribution in [1.29, 1.82) is 0 Å². The highest BCUT2D eigenvalue weighted by atomic mass is 35.5. The van der Waals surface area contributed by atoms with Crippen LogP contribution in [0.2, 0.25) is 0 Å². The van der Waals surface area contributed by atoms with E-state index in [1.54, 1.807) is 0 Å². The molecule has 0 heterocycles. The summed E-state index contributed by atoms with van der Waals surface area (Å²) in [6, 6.07) is 0. The van der Waals surface area contributed by atoms with Crippen LogP contribution in [0.3, 0.4) is 0 Å². The molecule has 0 aromatic rings. The molecule has 3 N–H and O–H groups in total. The summed E-state index contributed by atoms with van der Waals surface area (Å²) in [6.45, 7) is 4.49. The molecule has 0 bridgehead atoms. The van der Waals surface area contributed by atoms with Gasteiger partial charge < -0.3 is 10.8 Å². The van der Waals surface area contributed by atoms with Gasteiger partial charge in [0.2, 0.25) is 0 Å². The molecule has 0 saturated heterocycles. The number of aliphatic hydroxyl groups is 1. The van der Waals surface area contributed by atoms with Crippen LogP contribution in [0.25, 0.3) is 0 Å². The SMILES string of the molecule is CCC(O)C(C)CN.Cl. The number of aliphatic hydroxyl groups excluding tert-OH is 1. The van der Waals surface area contributed by atoms with E-state index in [1.807, 2.05) is 13.8 Å². The maximum atomic E-state index is 9.05. The van der Waals surface area contributed by atoms with Crippen molar-refractivity contribution in [3.8, 4) is 0 Å². The van der Waals surface area contributed by atoms with Crippen molar-refractivity contribution in [3.63, 3.8) is 0 Å². The molecule has 58 valence electrons. The topological polar surface area (TPSA) is 46.2 Å². The van der Waals surface area contributed by atoms with Crippen molar-refractivity contribution < 1.29 is 5.11 Å². The van der Waals surface area contributed by atoms with Gasteiger partial charge in [0.25, 0.3) is 0 Å². The smallest absolute Gasteiger partial charge is 0.0575 e. The molecule has 0 rings (SSSR count). The van der Waals surface area contributed by atoms with Crippen LogP contribution in [-0.2, 0) is 0 Å². The van der Waals surface area contributed by atoms with Gasteiger partial charge in [-0.3, -0.25) is 0 Å². The Morgan fingerprint density at radius 3 is 2.11 bits per heavy atom. The Bertz CT molecular complexity index is 53.0. The molecule has 0 fully saturated rings. The molecule has 0 aromatic carbocycles. The van der Waals surface area contributed by atoms with E-state index in [1.165, 1.54) is 0 Å². The van der Waals surface area contributed by atoms with Gasteiger partial charge in [0.15, 0.2) is 0 Å². The van der Waals surface area contributed by atoms with Crippen LogP contribution in [0.15, 0.2) is 0 Å². The molecular weight excluding hydrogens is 138 g/mol. The lowest BCUT2D eigenvalue weighted by Crippen LogP contribution is -2.24. The van der Waals surface area contributed by atoms with Crippen LogP contribution >= 0.6 is 12.4 Å². The Morgan fingerprint density at radius 2 is 2.00 bits per heavy atom. The van der Waals surface area contributed by atoms with Gasteiger partial charge in [0.05, 0.1) is 6.10 Å². The lowest BCUT2D eigenvalue weighted by atomic mass is 10.0. The first kappa shape index (κ1) is 11.9. The van der Waals surface area contributed by atoms with Gasteiger partial charge in [-0.15, -0.1) is 12.4 Å². The van der Waals surface area contributed by atoms with Crippen molar-refractivity contribution in [3.05, 3.63) is 0 Å². The molecule has 2 unspecified atom stereocenters. The number of hydrogen-bond donors (Lipinski definition) is 2. The molecule has 0 aliphatic heterocycles. The molecule has 2 nitrogen and oxygen atoms in total. The summed E-state index contributed by atoms with van der Waals surface area (Å²) in [7, 11) is 0. The second-order valence-corrected chi connectivity index (χ2v) is 2.19. The predicted molar refractivity (Wildman–Crippen MR) is 41.8 cm³/mol. The second kappa shape index (κ2) is 6.33. The third-order valence-electron chi connectivity index (χ3n) is 1.45. The van der Waals surface area contributed by atoms with Crippen LogP contribution in [0, 0.1) is 5.92 Å². The third kappa shape index (κ3) is 4.70. The lowest BCUT2D eigenvalue weighted by Gasteiger charge is -2.13. The fourth-order valence-corrected chi connectivity index (χ4v) is 0.559. The summed E-state index contributed by atoms with van der Waals surface area (Å²) in [4.78, 5) is 0. The van der Waals surface area contributed by atoms with Crippen molar-refractivity contribution in [2.75, 3.05) is 6.54 Å². The van der Waals surface area contributed by atoms with Gasteiger partial charge in [-0.1, -0.05) is 13.8 Å². The first-order valence-electron chi connectivity index (χ1n) is 3.10. The fourth-order valence-electron chi connectivity index (χ4n) is 0.559. The minimum Gasteiger partial charge on any atom is -0.393 e. The van der Waals surface area contributed by atoms with Crippen LogP contribution in [0.5, 0.6) is 0 Å². The van der Waals surface area contributed by atoms with Crippen molar-refractivity contribution >= 4 is 12.4 Å². The standard InChI is InChI=1S/C6H15NO.ClH/c1-3-6(8)5(2)4-7;/h5-6,8H,3-4,7H2,1-2H3;1H. The molecular formula is C6H16ClNO. The number of halogens is 1. The van der Waals surface area contributed by atoms with Crippen LogP contribution < -0.4 is 5.73 Å². The lowest BCUT2D eigenvalue weighted by molar-refractivity contribution is 0.116. The van der Waals surface area contributed by atoms with Gasteiger partial charge >= 0.3 is 0 Å². The average molecular weight is 154 g/mol. The summed E-state index contributed by atoms with van der Waals surface area (Å²) < 4.78 is 0. The largest absolute Gasteiger partial charge is 0.393 e. The molecule has 0 aromatic heterocycles. The molecule has 0 saturated carbocycles. The minimum atomic E-state index is -0.208. The molecule has 0 amide bonds. The minimum absolute atomic E-state index is 0. The summed E-state index contributed by atoms with van der Waals surface area (Å²) in [5.41, 5.74) is 5.29. The van der Waals surface area contributed by atoms with E-state index in [4.69, 9.17) is 10.8 Å². The fraction of sp³-hybridized carbons (Fsp3) is 1.00. The van der Waals surface area contributed by atoms with E-state index in [9.17, 15) is 0 Å². The summed E-state index contributed by atoms with van der Waals surface area (Å²) >= 11 is 0. The second-order valence-electron chi connectivity index (χ2n) is 2.19. The van der Waals surface area contributed by atoms with Crippen LogP contribution in [-0.4, -0.2) is 17.8 Å². The normalized spacial score (nSPS) is 16.0. The third-order valence-corrected chi connectivity index (χ3v) is 1.45. The van der Waals surface area contributed by atoms with Crippen molar-refractivity contribution in [2.24, 2.45) is 11.7 Å². The predicted octanol–water partition coefficient (Wildman–Crippen LogP) is 0.774. The Balaban J connectivity index is 0. The van der Waals surface area contributed by atoms with E-state index in [-0.39, 0.29) is 24.4 Å². The molecule has 9 heavy (non-hydrogen) atoms. The maximum absolute atomic E-state index is 9.05. The summed E-state index contributed by atoms with van der Waals surface area (Å²) in [5.74, 6) is 0.250. The molecule has 0 aliphatic carbocycles. The summed E-state index contributed by atoms with van der Waals surface area (Å²) in [5, 5.41) is 9.05. The quantitative estimate of drug-likeness (QED) is 0.630. The van der Waals surface area contributed by atoms with Gasteiger partial charge in [0.1, 0.15) is 0 Å². The van der Waals surface area contributed by atoms with Crippen LogP contribution in [0.1, 0.15) is 20.3 Å². The first-order chi connectivity index (χ1) is 3.72. The maximum Gasteiger partial charge on any atom is 0.0575 e. The van der Waals surface area contributed by atoms with E-state index < -0.39 is 0 Å². The van der Waals surface area contributed by atoms with Crippen molar-refractivity contribution in [1.82, 2.24) is 0 Å². The summed E-state index contributed by atoms with van der Waals surface area (Å²) in [6.07, 6.45) is 0.596. The zero-order valence-corrected chi connectivity index (χ0v) is 6.82. The van der Waals surface area contributed by atoms with Gasteiger partial charge in [-0.05, 0) is 18.9 Å². The Hall–Kier alpha value is 0.210. The zero-order chi connectivity index (χ0) is 6.57. The number of nitrogens with two attached hydrogens (primary N) is 1. The Morgan fingerprint density at radius 1 is 1.56 bits per heavy atom. The van der Waals surface area contributed by atoms with Gasteiger partial charge in [-0.2, -0.15) is 0 Å². The van der Waals surface area contributed by atoms with Crippen molar-refractivity contribution in [2.45, 2.75) is 26.4 Å². The first-order valence-corrected chi connectivity index (χ1v) is 3.10. The Kier molecular flexibility index (Phi) is 8.40. The van der Waals surface area contributed by atoms with Gasteiger partial charge in [-0.25, -0.2) is 0 Å². The molecule has 0 aliphatic rings. The zero-order valence-electron chi connectivity index (χ0n) is 6.00. The molecule has 3 heteroatoms. The van der Waals surface area contributed by atoms with Gasteiger partial charge in [0, 0.05) is 0 Å². The number of rotatable bonds is 3. The van der Waals surface area contributed by atoms with E-state index in [0.717, 1.165) is 6.42 Å². The van der Waals surface area contributed by atoms with Crippen LogP contribution in [0.4, 0.5) is 0 Å². The average Bonchev–Trinajstić information content (AvgIpc) is 1.84. The molecule has 0 spiro atoms. The Labute approximate surface area is 62.9 Å². The highest BCUT2D eigenvalue weighted by molar-refractivity contribution is 5.85. The number of hydrogen-bond acceptors (Lipinski definition) is 2. The highest BCUT2D eigenvalue weighted by Crippen LogP contribution is 2.02. The van der Waals surface area contributed by atoms with E-state index in [0.29, 0.717) is 6.54 Å². The monoisotopic (exact) mass is 153 g/mol. The van der Waals surface area contributed by atoms with E-state index in [2.05, 4.69) is 0 Å². The highest BCUT2D eigenvalue weighted by Gasteiger charge is 2.07. The molecule has 0 radical (unpaired) electrons. The van der Waals surface area contributed by atoms with E-state index >= 15 is 0 Å². The molecule has 2 atom stereocenters.